The predicted octanol–water partition coefficient (Wildman–Crippen LogP) is 2.84. The molecule has 1 aromatic carbocycles. The van der Waals surface area contributed by atoms with Gasteiger partial charge >= 0.3 is 0 Å². The lowest BCUT2D eigenvalue weighted by atomic mass is 10.1. The summed E-state index contributed by atoms with van der Waals surface area (Å²) in [6, 6.07) is 7.88. The van der Waals surface area contributed by atoms with Crippen LogP contribution in [0.3, 0.4) is 0 Å². The molecule has 0 amide bonds. The minimum absolute atomic E-state index is 0.226. The van der Waals surface area contributed by atoms with E-state index in [2.05, 4.69) is 15.3 Å². The summed E-state index contributed by atoms with van der Waals surface area (Å²) in [4.78, 5) is 20.4. The largest absolute Gasteiger partial charge is 0.340 e. The third-order valence-electron chi connectivity index (χ3n) is 3.92. The van der Waals surface area contributed by atoms with Crippen LogP contribution in [-0.2, 0) is 13.5 Å². The van der Waals surface area contributed by atoms with Gasteiger partial charge in [-0.05, 0) is 24.1 Å². The van der Waals surface area contributed by atoms with Crippen molar-refractivity contribution in [1.82, 2.24) is 14.5 Å². The van der Waals surface area contributed by atoms with E-state index in [0.717, 1.165) is 40.1 Å². The van der Waals surface area contributed by atoms with E-state index in [0.29, 0.717) is 6.42 Å². The Bertz CT molecular complexity index is 866. The van der Waals surface area contributed by atoms with Gasteiger partial charge in [-0.25, -0.2) is 9.97 Å². The topological polar surface area (TPSA) is 59.8 Å². The zero-order chi connectivity index (χ0) is 14.4. The number of fused-ring (bicyclic) bond motifs is 2. The van der Waals surface area contributed by atoms with Crippen molar-refractivity contribution >= 4 is 28.3 Å². The average molecular weight is 278 g/mol. The molecular formula is C16H14N4O. The lowest BCUT2D eigenvalue weighted by Crippen LogP contribution is -1.97. The monoisotopic (exact) mass is 278 g/mol. The molecule has 0 spiro atoms. The number of hydrogen-bond acceptors (Lipinski definition) is 4. The fraction of sp³-hybridized carbons (Fsp3) is 0.188. The molecule has 1 aliphatic carbocycles. The number of aryl methyl sites for hydroxylation is 2. The Hall–Kier alpha value is -2.69. The van der Waals surface area contributed by atoms with Gasteiger partial charge in [-0.1, -0.05) is 6.07 Å². The number of benzene rings is 1. The molecule has 2 heterocycles. The molecule has 0 fully saturated rings. The summed E-state index contributed by atoms with van der Waals surface area (Å²) in [5.74, 6) is 0.972. The zero-order valence-electron chi connectivity index (χ0n) is 11.6. The van der Waals surface area contributed by atoms with Gasteiger partial charge in [0.05, 0.1) is 18.0 Å². The van der Waals surface area contributed by atoms with Crippen LogP contribution in [0.1, 0.15) is 22.3 Å². The molecule has 0 unspecified atom stereocenters. The fourth-order valence-corrected chi connectivity index (χ4v) is 2.76. The number of rotatable bonds is 2. The van der Waals surface area contributed by atoms with Crippen molar-refractivity contribution in [2.45, 2.75) is 12.8 Å². The van der Waals surface area contributed by atoms with Crippen LogP contribution in [0.25, 0.3) is 11.0 Å². The number of carbonyl (C=O) groups excluding carboxylic acids is 1. The zero-order valence-corrected chi connectivity index (χ0v) is 11.6. The molecule has 0 radical (unpaired) electrons. The third kappa shape index (κ3) is 1.98. The number of hydrogen-bond donors (Lipinski definition) is 1. The van der Waals surface area contributed by atoms with Crippen LogP contribution >= 0.6 is 0 Å². The second-order valence-corrected chi connectivity index (χ2v) is 5.33. The Morgan fingerprint density at radius 2 is 2.10 bits per heavy atom. The maximum Gasteiger partial charge on any atom is 0.163 e. The van der Waals surface area contributed by atoms with Crippen LogP contribution in [0.4, 0.5) is 11.5 Å². The first-order valence-electron chi connectivity index (χ1n) is 6.91. The van der Waals surface area contributed by atoms with Gasteiger partial charge in [-0.15, -0.1) is 0 Å². The Balaban J connectivity index is 1.69. The number of aromatic nitrogens is 3. The number of anilines is 2. The minimum Gasteiger partial charge on any atom is -0.340 e. The summed E-state index contributed by atoms with van der Waals surface area (Å²) in [5.41, 5.74) is 4.75. The molecule has 4 rings (SSSR count). The van der Waals surface area contributed by atoms with Crippen LogP contribution in [0.5, 0.6) is 0 Å². The Kier molecular flexibility index (Phi) is 2.54. The molecule has 0 saturated carbocycles. The Morgan fingerprint density at radius 1 is 1.19 bits per heavy atom. The highest BCUT2D eigenvalue weighted by molar-refractivity contribution is 6.01. The van der Waals surface area contributed by atoms with E-state index in [1.165, 1.54) is 0 Å². The number of pyridine rings is 1. The molecule has 5 heteroatoms. The van der Waals surface area contributed by atoms with Crippen LogP contribution in [0, 0.1) is 0 Å². The molecule has 0 aliphatic heterocycles. The summed E-state index contributed by atoms with van der Waals surface area (Å²) in [5, 5.41) is 3.26. The van der Waals surface area contributed by atoms with Crippen molar-refractivity contribution in [3.8, 4) is 0 Å². The second-order valence-electron chi connectivity index (χ2n) is 5.33. The van der Waals surface area contributed by atoms with E-state index in [1.54, 1.807) is 12.5 Å². The van der Waals surface area contributed by atoms with Crippen molar-refractivity contribution in [2.75, 3.05) is 5.32 Å². The first-order valence-corrected chi connectivity index (χ1v) is 6.91. The van der Waals surface area contributed by atoms with E-state index in [-0.39, 0.29) is 5.78 Å². The highest BCUT2D eigenvalue weighted by Gasteiger charge is 2.19. The van der Waals surface area contributed by atoms with Gasteiger partial charge in [-0.2, -0.15) is 0 Å². The average Bonchev–Trinajstić information content (AvgIpc) is 3.04. The summed E-state index contributed by atoms with van der Waals surface area (Å²) in [6.45, 7) is 0. The van der Waals surface area contributed by atoms with Crippen molar-refractivity contribution in [3.63, 3.8) is 0 Å². The van der Waals surface area contributed by atoms with Crippen molar-refractivity contribution < 1.29 is 4.79 Å². The molecule has 0 saturated heterocycles. The lowest BCUT2D eigenvalue weighted by Gasteiger charge is -2.07. The van der Waals surface area contributed by atoms with E-state index >= 15 is 0 Å². The molecule has 3 aromatic rings. The number of nitrogens with one attached hydrogen (secondary N) is 1. The molecule has 104 valence electrons. The summed E-state index contributed by atoms with van der Waals surface area (Å²) < 4.78 is 1.95. The van der Waals surface area contributed by atoms with E-state index in [1.807, 2.05) is 35.9 Å². The molecule has 1 aliphatic rings. The van der Waals surface area contributed by atoms with E-state index in [4.69, 9.17) is 0 Å². The van der Waals surface area contributed by atoms with Crippen LogP contribution in [0.15, 0.2) is 36.8 Å². The van der Waals surface area contributed by atoms with E-state index in [9.17, 15) is 4.79 Å². The van der Waals surface area contributed by atoms with E-state index < -0.39 is 0 Å². The molecule has 5 nitrogen and oxygen atoms in total. The van der Waals surface area contributed by atoms with Gasteiger partial charge in [0.1, 0.15) is 11.3 Å². The number of Topliss-reactive ketones (excluding diaryl/α,β-unsaturated/α-hetero) is 1. The number of nitrogens with zero attached hydrogens (tertiary/aromatic N) is 3. The highest BCUT2D eigenvalue weighted by atomic mass is 16.1. The van der Waals surface area contributed by atoms with Crippen molar-refractivity contribution in [2.24, 2.45) is 7.05 Å². The van der Waals surface area contributed by atoms with Gasteiger partial charge in [0.2, 0.25) is 0 Å². The third-order valence-corrected chi connectivity index (χ3v) is 3.92. The minimum atomic E-state index is 0.226. The molecule has 1 N–H and O–H groups in total. The van der Waals surface area contributed by atoms with Gasteiger partial charge < -0.3 is 9.88 Å². The standard InChI is InChI=1S/C16H14N4O/c1-20-9-18-13-8-17-16(7-14(13)20)19-11-4-2-10-3-5-15(21)12(10)6-11/h2,4,6-9H,3,5H2,1H3,(H,17,19). The van der Waals surface area contributed by atoms with Gasteiger partial charge in [0.25, 0.3) is 0 Å². The van der Waals surface area contributed by atoms with Crippen LogP contribution in [-0.4, -0.2) is 20.3 Å². The lowest BCUT2D eigenvalue weighted by molar-refractivity contribution is 0.0994. The Morgan fingerprint density at radius 3 is 3.00 bits per heavy atom. The molecule has 21 heavy (non-hydrogen) atoms. The fourth-order valence-electron chi connectivity index (χ4n) is 2.76. The van der Waals surface area contributed by atoms with Crippen molar-refractivity contribution in [1.29, 1.82) is 0 Å². The molecule has 2 aromatic heterocycles. The molecule has 0 bridgehead atoms. The SMILES string of the molecule is Cn1cnc2cnc(Nc3ccc4c(c3)C(=O)CC4)cc21. The highest BCUT2D eigenvalue weighted by Crippen LogP contribution is 2.26. The number of carbonyl (C=O) groups is 1. The molecule has 0 atom stereocenters. The summed E-state index contributed by atoms with van der Waals surface area (Å²) >= 11 is 0. The first kappa shape index (κ1) is 12.1. The van der Waals surface area contributed by atoms with Gasteiger partial charge in [0, 0.05) is 30.8 Å². The maximum atomic E-state index is 11.8. The second kappa shape index (κ2) is 4.41. The van der Waals surface area contributed by atoms with Crippen molar-refractivity contribution in [3.05, 3.63) is 47.9 Å². The smallest absolute Gasteiger partial charge is 0.163 e. The Labute approximate surface area is 121 Å². The normalized spacial score (nSPS) is 13.7. The quantitative estimate of drug-likeness (QED) is 0.783. The predicted molar refractivity (Wildman–Crippen MR) is 80.9 cm³/mol. The van der Waals surface area contributed by atoms with Crippen LogP contribution < -0.4 is 5.32 Å². The van der Waals surface area contributed by atoms with Gasteiger partial charge in [-0.3, -0.25) is 4.79 Å². The van der Waals surface area contributed by atoms with Gasteiger partial charge in [0.15, 0.2) is 5.78 Å². The molecular weight excluding hydrogens is 264 g/mol. The number of ketones is 1. The maximum absolute atomic E-state index is 11.8. The summed E-state index contributed by atoms with van der Waals surface area (Å²) in [7, 11) is 1.95. The first-order chi connectivity index (χ1) is 10.2. The summed E-state index contributed by atoms with van der Waals surface area (Å²) in [6.07, 6.45) is 4.99. The van der Waals surface area contributed by atoms with Crippen LogP contribution in [0.2, 0.25) is 0 Å². The number of imidazole rings is 1.